The van der Waals surface area contributed by atoms with Crippen LogP contribution in [0.15, 0.2) is 29.1 Å². The number of aromatic nitrogens is 1. The third-order valence-electron chi connectivity index (χ3n) is 4.36. The van der Waals surface area contributed by atoms with E-state index >= 15 is 0 Å². The number of nitrogens with one attached hydrogen (secondary N) is 1. The number of hydrogen-bond donors (Lipinski definition) is 1. The Balaban J connectivity index is 1.92. The number of benzene rings is 1. The molecule has 0 aliphatic carbocycles. The van der Waals surface area contributed by atoms with Crippen LogP contribution in [0.1, 0.15) is 12.8 Å². The Labute approximate surface area is 129 Å². The second-order valence-electron chi connectivity index (χ2n) is 5.87. The Morgan fingerprint density at radius 3 is 2.62 bits per heavy atom. The lowest BCUT2D eigenvalue weighted by atomic mass is 10.0. The van der Waals surface area contributed by atoms with Crippen LogP contribution in [-0.4, -0.2) is 43.1 Å². The lowest BCUT2D eigenvalue weighted by molar-refractivity contribution is 0.249. The number of fused-ring (bicyclic) bond motifs is 1. The van der Waals surface area contributed by atoms with Gasteiger partial charge in [-0.05, 0) is 45.1 Å². The Morgan fingerprint density at radius 1 is 1.24 bits per heavy atom. The van der Waals surface area contributed by atoms with Crippen LogP contribution in [0.3, 0.4) is 0 Å². The predicted octanol–water partition coefficient (Wildman–Crippen LogP) is 2.71. The monoisotopic (exact) mass is 305 g/mol. The molecule has 3 rings (SSSR count). The molecular formula is C16H20ClN3O. The maximum Gasteiger partial charge on any atom is 0.257 e. The van der Waals surface area contributed by atoms with Crippen LogP contribution in [0.5, 0.6) is 0 Å². The summed E-state index contributed by atoms with van der Waals surface area (Å²) in [5.74, 6) is 0.873. The summed E-state index contributed by atoms with van der Waals surface area (Å²) >= 11 is 6.23. The lowest BCUT2D eigenvalue weighted by Crippen LogP contribution is -2.42. The van der Waals surface area contributed by atoms with E-state index in [1.165, 1.54) is 0 Å². The molecule has 1 N–H and O–H groups in total. The van der Waals surface area contributed by atoms with Gasteiger partial charge in [0, 0.05) is 34.9 Å². The fraction of sp³-hybridized carbons (Fsp3) is 0.438. The van der Waals surface area contributed by atoms with Crippen LogP contribution in [0, 0.1) is 0 Å². The lowest BCUT2D eigenvalue weighted by Gasteiger charge is -2.36. The summed E-state index contributed by atoms with van der Waals surface area (Å²) in [4.78, 5) is 19.7. The van der Waals surface area contributed by atoms with Gasteiger partial charge in [0.05, 0.1) is 0 Å². The SMILES string of the molecule is CN(C)C1CCN(c2cc3c(Cl)cccc3c(=O)[nH]2)CC1. The highest BCUT2D eigenvalue weighted by atomic mass is 35.5. The maximum absolute atomic E-state index is 12.2. The smallest absolute Gasteiger partial charge is 0.257 e. The first-order valence-electron chi connectivity index (χ1n) is 7.29. The summed E-state index contributed by atoms with van der Waals surface area (Å²) in [6.07, 6.45) is 2.21. The Bertz CT molecular complexity index is 702. The second kappa shape index (κ2) is 5.70. The van der Waals surface area contributed by atoms with Gasteiger partial charge in [-0.25, -0.2) is 0 Å². The number of halogens is 1. The summed E-state index contributed by atoms with van der Waals surface area (Å²) < 4.78 is 0. The molecule has 1 aromatic carbocycles. The number of pyridine rings is 1. The highest BCUT2D eigenvalue weighted by molar-refractivity contribution is 6.35. The molecule has 0 radical (unpaired) electrons. The number of hydrogen-bond acceptors (Lipinski definition) is 3. The van der Waals surface area contributed by atoms with Crippen LogP contribution in [0.2, 0.25) is 5.02 Å². The molecule has 1 saturated heterocycles. The minimum Gasteiger partial charge on any atom is -0.358 e. The first-order chi connectivity index (χ1) is 10.1. The van der Waals surface area contributed by atoms with E-state index in [4.69, 9.17) is 11.6 Å². The number of piperidine rings is 1. The van der Waals surface area contributed by atoms with E-state index in [2.05, 4.69) is 28.9 Å². The Morgan fingerprint density at radius 2 is 1.95 bits per heavy atom. The van der Waals surface area contributed by atoms with Crippen molar-refractivity contribution in [2.75, 3.05) is 32.1 Å². The third kappa shape index (κ3) is 2.78. The van der Waals surface area contributed by atoms with E-state index in [9.17, 15) is 4.79 Å². The molecule has 0 spiro atoms. The van der Waals surface area contributed by atoms with Crippen molar-refractivity contribution < 1.29 is 0 Å². The predicted molar refractivity (Wildman–Crippen MR) is 88.5 cm³/mol. The normalized spacial score (nSPS) is 16.9. The van der Waals surface area contributed by atoms with Crippen molar-refractivity contribution in [1.29, 1.82) is 0 Å². The van der Waals surface area contributed by atoms with Gasteiger partial charge in [-0.15, -0.1) is 0 Å². The zero-order valence-electron chi connectivity index (χ0n) is 12.4. The largest absolute Gasteiger partial charge is 0.358 e. The van der Waals surface area contributed by atoms with Gasteiger partial charge in [-0.3, -0.25) is 4.79 Å². The molecule has 0 atom stereocenters. The van der Waals surface area contributed by atoms with Crippen molar-refractivity contribution in [2.24, 2.45) is 0 Å². The maximum atomic E-state index is 12.2. The zero-order chi connectivity index (χ0) is 15.0. The van der Waals surface area contributed by atoms with Crippen LogP contribution in [0.25, 0.3) is 10.8 Å². The molecule has 1 aliphatic heterocycles. The molecular weight excluding hydrogens is 286 g/mol. The van der Waals surface area contributed by atoms with Gasteiger partial charge in [0.1, 0.15) is 5.82 Å². The summed E-state index contributed by atoms with van der Waals surface area (Å²) in [6.45, 7) is 1.91. The summed E-state index contributed by atoms with van der Waals surface area (Å²) in [5, 5.41) is 2.10. The number of rotatable bonds is 2. The van der Waals surface area contributed by atoms with E-state index < -0.39 is 0 Å². The van der Waals surface area contributed by atoms with E-state index in [0.717, 1.165) is 37.1 Å². The molecule has 21 heavy (non-hydrogen) atoms. The van der Waals surface area contributed by atoms with Crippen LogP contribution in [0.4, 0.5) is 5.82 Å². The Hall–Kier alpha value is -1.52. The molecule has 2 heterocycles. The molecule has 1 aliphatic rings. The summed E-state index contributed by atoms with van der Waals surface area (Å²) in [5.41, 5.74) is -0.0697. The minimum atomic E-state index is -0.0697. The number of H-pyrrole nitrogens is 1. The summed E-state index contributed by atoms with van der Waals surface area (Å²) in [6, 6.07) is 8.06. The van der Waals surface area contributed by atoms with Crippen molar-refractivity contribution in [3.63, 3.8) is 0 Å². The van der Waals surface area contributed by atoms with Gasteiger partial charge < -0.3 is 14.8 Å². The van der Waals surface area contributed by atoms with Crippen LogP contribution in [-0.2, 0) is 0 Å². The van der Waals surface area contributed by atoms with Crippen molar-refractivity contribution in [3.05, 3.63) is 39.6 Å². The van der Waals surface area contributed by atoms with Gasteiger partial charge in [-0.1, -0.05) is 17.7 Å². The highest BCUT2D eigenvalue weighted by Crippen LogP contribution is 2.26. The second-order valence-corrected chi connectivity index (χ2v) is 6.27. The van der Waals surface area contributed by atoms with Crippen molar-refractivity contribution in [3.8, 4) is 0 Å². The van der Waals surface area contributed by atoms with Gasteiger partial charge in [0.25, 0.3) is 5.56 Å². The number of anilines is 1. The first-order valence-corrected chi connectivity index (χ1v) is 7.67. The molecule has 0 amide bonds. The van der Waals surface area contributed by atoms with E-state index in [-0.39, 0.29) is 5.56 Å². The van der Waals surface area contributed by atoms with E-state index in [1.54, 1.807) is 0 Å². The standard InChI is InChI=1S/C16H20ClN3O/c1-19(2)11-6-8-20(9-7-11)15-10-13-12(16(21)18-15)4-3-5-14(13)17/h3-5,10-11H,6-9H2,1-2H3,(H,18,21). The molecule has 2 aromatic rings. The molecule has 1 fully saturated rings. The third-order valence-corrected chi connectivity index (χ3v) is 4.69. The topological polar surface area (TPSA) is 39.3 Å². The van der Waals surface area contributed by atoms with E-state index in [0.29, 0.717) is 16.5 Å². The molecule has 0 bridgehead atoms. The van der Waals surface area contributed by atoms with Crippen molar-refractivity contribution >= 4 is 28.2 Å². The average molecular weight is 306 g/mol. The molecule has 0 unspecified atom stereocenters. The van der Waals surface area contributed by atoms with Crippen LogP contribution < -0.4 is 10.5 Å². The molecule has 1 aromatic heterocycles. The van der Waals surface area contributed by atoms with Gasteiger partial charge in [0.2, 0.25) is 0 Å². The zero-order valence-corrected chi connectivity index (χ0v) is 13.2. The van der Waals surface area contributed by atoms with Crippen LogP contribution >= 0.6 is 11.6 Å². The highest BCUT2D eigenvalue weighted by Gasteiger charge is 2.21. The quantitative estimate of drug-likeness (QED) is 0.927. The fourth-order valence-electron chi connectivity index (χ4n) is 3.03. The van der Waals surface area contributed by atoms with Gasteiger partial charge >= 0.3 is 0 Å². The Kier molecular flexibility index (Phi) is 3.91. The number of aromatic amines is 1. The number of nitrogens with zero attached hydrogens (tertiary/aromatic N) is 2. The molecule has 112 valence electrons. The summed E-state index contributed by atoms with van der Waals surface area (Å²) in [7, 11) is 4.25. The average Bonchev–Trinajstić information content (AvgIpc) is 2.48. The molecule has 5 heteroatoms. The fourth-order valence-corrected chi connectivity index (χ4v) is 3.26. The van der Waals surface area contributed by atoms with Gasteiger partial charge in [0.15, 0.2) is 0 Å². The van der Waals surface area contributed by atoms with Crippen molar-refractivity contribution in [2.45, 2.75) is 18.9 Å². The van der Waals surface area contributed by atoms with Crippen molar-refractivity contribution in [1.82, 2.24) is 9.88 Å². The van der Waals surface area contributed by atoms with E-state index in [1.807, 2.05) is 24.3 Å². The van der Waals surface area contributed by atoms with Gasteiger partial charge in [-0.2, -0.15) is 0 Å². The molecule has 0 saturated carbocycles. The molecule has 4 nitrogen and oxygen atoms in total. The minimum absolute atomic E-state index is 0.0697. The first kappa shape index (κ1) is 14.4.